The van der Waals surface area contributed by atoms with Gasteiger partial charge >= 0.3 is 6.18 Å². The number of amides is 1. The van der Waals surface area contributed by atoms with Gasteiger partial charge in [-0.25, -0.2) is 0 Å². The minimum atomic E-state index is -4.44. The average Bonchev–Trinajstić information content (AvgIpc) is 3.36. The van der Waals surface area contributed by atoms with E-state index < -0.39 is 17.2 Å². The molecule has 8 nitrogen and oxygen atoms in total. The summed E-state index contributed by atoms with van der Waals surface area (Å²) in [7, 11) is 1.69. The molecule has 1 N–H and O–H groups in total. The molecule has 1 amide bonds. The van der Waals surface area contributed by atoms with Crippen LogP contribution in [0.3, 0.4) is 0 Å². The first-order chi connectivity index (χ1) is 18.6. The fourth-order valence-electron chi connectivity index (χ4n) is 5.86. The topological polar surface area (TPSA) is 90.0 Å². The summed E-state index contributed by atoms with van der Waals surface area (Å²) in [6, 6.07) is 1.55. The van der Waals surface area contributed by atoms with Crippen LogP contribution in [0.25, 0.3) is 0 Å². The number of carbonyl (C=O) groups excluding carboxylic acids is 2. The number of nitrogens with one attached hydrogen (secondary N) is 1. The van der Waals surface area contributed by atoms with Crippen LogP contribution in [-0.4, -0.2) is 73.9 Å². The third kappa shape index (κ3) is 7.70. The fraction of sp³-hybridized carbons (Fsp3) is 0.750. The second-order valence-corrected chi connectivity index (χ2v) is 10.9. The lowest BCUT2D eigenvalue weighted by molar-refractivity contribution is -0.146. The maximum atomic E-state index is 13.8. The van der Waals surface area contributed by atoms with Gasteiger partial charge in [-0.2, -0.15) is 13.2 Å². The number of rotatable bonds is 8. The third-order valence-corrected chi connectivity index (χ3v) is 8.18. The van der Waals surface area contributed by atoms with Crippen molar-refractivity contribution in [3.8, 4) is 0 Å². The number of aromatic nitrogens is 1. The summed E-state index contributed by atoms with van der Waals surface area (Å²) in [6.07, 6.45) is 1.08. The Morgan fingerprint density at radius 1 is 1.36 bits per heavy atom. The summed E-state index contributed by atoms with van der Waals surface area (Å²) in [4.78, 5) is 28.9. The van der Waals surface area contributed by atoms with Crippen LogP contribution < -0.4 is 5.32 Å². The van der Waals surface area contributed by atoms with Crippen LogP contribution in [0.2, 0.25) is 0 Å². The van der Waals surface area contributed by atoms with E-state index in [4.69, 9.17) is 9.47 Å². The zero-order valence-electron chi connectivity index (χ0n) is 23.4. The van der Waals surface area contributed by atoms with E-state index in [0.717, 1.165) is 44.4 Å². The second kappa shape index (κ2) is 13.9. The van der Waals surface area contributed by atoms with E-state index in [0.29, 0.717) is 50.5 Å². The molecule has 4 rings (SSSR count). The lowest BCUT2D eigenvalue weighted by Gasteiger charge is -2.40. The Morgan fingerprint density at radius 3 is 2.74 bits per heavy atom. The molecular weight excluding hydrogens is 515 g/mol. The molecule has 220 valence electrons. The van der Waals surface area contributed by atoms with Crippen molar-refractivity contribution < 1.29 is 37.0 Å². The molecule has 3 heterocycles. The number of fused-ring (bicyclic) bond motifs is 1. The number of pyridine rings is 1. The Kier molecular flexibility index (Phi) is 11.1. The van der Waals surface area contributed by atoms with Crippen LogP contribution in [0.5, 0.6) is 0 Å². The van der Waals surface area contributed by atoms with Crippen LogP contribution in [0.1, 0.15) is 69.7 Å². The highest BCUT2D eigenvalue weighted by Gasteiger charge is 2.50. The summed E-state index contributed by atoms with van der Waals surface area (Å²) < 4.78 is 54.9. The molecule has 3 aliphatic rings. The average molecular weight is 558 g/mol. The van der Waals surface area contributed by atoms with Gasteiger partial charge in [0.1, 0.15) is 0 Å². The SMILES string of the molecule is CCCOC=O.COC1COCCC1N[C@@H]1CC[C@@](C(=O)N2CCc3ncc(C(F)(F)F)cc3C2)(C(C)C)C1. The molecule has 2 aliphatic heterocycles. The van der Waals surface area contributed by atoms with Crippen molar-refractivity contribution >= 4 is 12.4 Å². The normalized spacial score (nSPS) is 27.0. The lowest BCUT2D eigenvalue weighted by Crippen LogP contribution is -2.52. The largest absolute Gasteiger partial charge is 0.468 e. The van der Waals surface area contributed by atoms with Gasteiger partial charge in [0, 0.05) is 57.2 Å². The molecule has 2 fully saturated rings. The molecule has 1 aliphatic carbocycles. The number of hydrogen-bond acceptors (Lipinski definition) is 7. The second-order valence-electron chi connectivity index (χ2n) is 10.9. The van der Waals surface area contributed by atoms with E-state index in [1.165, 1.54) is 0 Å². The first-order valence-electron chi connectivity index (χ1n) is 13.8. The van der Waals surface area contributed by atoms with E-state index in [1.807, 2.05) is 6.92 Å². The zero-order chi connectivity index (χ0) is 28.6. The van der Waals surface area contributed by atoms with Gasteiger partial charge in [0.2, 0.25) is 5.91 Å². The van der Waals surface area contributed by atoms with Gasteiger partial charge in [-0.1, -0.05) is 20.8 Å². The number of methoxy groups -OCH3 is 1. The number of hydrogen-bond donors (Lipinski definition) is 1. The van der Waals surface area contributed by atoms with Gasteiger partial charge in [0.05, 0.1) is 30.3 Å². The molecule has 11 heteroatoms. The van der Waals surface area contributed by atoms with Crippen molar-refractivity contribution in [3.63, 3.8) is 0 Å². The number of nitrogens with zero attached hydrogens (tertiary/aromatic N) is 2. The fourth-order valence-corrected chi connectivity index (χ4v) is 5.86. The monoisotopic (exact) mass is 557 g/mol. The Balaban J connectivity index is 0.000000631. The van der Waals surface area contributed by atoms with Crippen LogP contribution in [0.15, 0.2) is 12.3 Å². The molecular formula is C28H42F3N3O5. The maximum absolute atomic E-state index is 13.8. The van der Waals surface area contributed by atoms with Gasteiger partial charge in [0.25, 0.3) is 6.47 Å². The number of halogens is 3. The Labute approximate surface area is 229 Å². The van der Waals surface area contributed by atoms with E-state index in [1.54, 1.807) is 12.0 Å². The quantitative estimate of drug-likeness (QED) is 0.380. The molecule has 1 saturated heterocycles. The predicted octanol–water partition coefficient (Wildman–Crippen LogP) is 4.14. The van der Waals surface area contributed by atoms with Gasteiger partial charge in [-0.15, -0.1) is 0 Å². The molecule has 0 bridgehead atoms. The van der Waals surface area contributed by atoms with Crippen molar-refractivity contribution in [3.05, 3.63) is 29.1 Å². The molecule has 1 aromatic heterocycles. The van der Waals surface area contributed by atoms with Gasteiger partial charge in [-0.05, 0) is 49.7 Å². The van der Waals surface area contributed by atoms with Crippen molar-refractivity contribution in [2.24, 2.45) is 11.3 Å². The molecule has 39 heavy (non-hydrogen) atoms. The van der Waals surface area contributed by atoms with Gasteiger partial charge < -0.3 is 24.4 Å². The lowest BCUT2D eigenvalue weighted by atomic mass is 9.74. The Hall–Kier alpha value is -2.24. The van der Waals surface area contributed by atoms with Crippen LogP contribution in [0.4, 0.5) is 13.2 Å². The van der Waals surface area contributed by atoms with Crippen LogP contribution in [0, 0.1) is 11.3 Å². The highest BCUT2D eigenvalue weighted by Crippen LogP contribution is 2.47. The third-order valence-electron chi connectivity index (χ3n) is 8.18. The summed E-state index contributed by atoms with van der Waals surface area (Å²) in [6.45, 7) is 9.04. The highest BCUT2D eigenvalue weighted by atomic mass is 19.4. The molecule has 0 radical (unpaired) electrons. The number of ether oxygens (including phenoxy) is 3. The smallest absolute Gasteiger partial charge is 0.417 e. The van der Waals surface area contributed by atoms with Crippen molar-refractivity contribution in [1.29, 1.82) is 0 Å². The van der Waals surface area contributed by atoms with Gasteiger partial charge in [-0.3, -0.25) is 14.6 Å². The van der Waals surface area contributed by atoms with E-state index in [-0.39, 0.29) is 36.6 Å². The molecule has 1 saturated carbocycles. The number of carbonyl (C=O) groups is 2. The molecule has 1 aromatic rings. The standard InChI is InChI=1S/C24H34F3N3O3.C4H8O2/c1-15(2)23(7-4-18(11-23)29-20-6-9-33-14-21(20)32-3)22(31)30-8-5-19-16(13-30)10-17(12-28-19)24(25,26)27;1-2-3-6-4-5/h10,12,15,18,20-21,29H,4-9,11,13-14H2,1-3H3;4H,2-3H2,1H3/t18-,20?,21?,23+;/m1./s1. The highest BCUT2D eigenvalue weighted by molar-refractivity contribution is 5.83. The van der Waals surface area contributed by atoms with Crippen LogP contribution in [-0.2, 0) is 42.9 Å². The van der Waals surface area contributed by atoms with E-state index >= 15 is 0 Å². The van der Waals surface area contributed by atoms with E-state index in [9.17, 15) is 22.8 Å². The maximum Gasteiger partial charge on any atom is 0.417 e. The summed E-state index contributed by atoms with van der Waals surface area (Å²) in [5.74, 6) is 0.186. The zero-order valence-corrected chi connectivity index (χ0v) is 23.4. The molecule has 0 spiro atoms. The molecule has 2 unspecified atom stereocenters. The van der Waals surface area contributed by atoms with Crippen molar-refractivity contribution in [1.82, 2.24) is 15.2 Å². The summed E-state index contributed by atoms with van der Waals surface area (Å²) in [5.41, 5.74) is -0.121. The predicted molar refractivity (Wildman–Crippen MR) is 139 cm³/mol. The van der Waals surface area contributed by atoms with Crippen LogP contribution >= 0.6 is 0 Å². The molecule has 4 atom stereocenters. The Bertz CT molecular complexity index is 961. The minimum Gasteiger partial charge on any atom is -0.468 e. The van der Waals surface area contributed by atoms with E-state index in [2.05, 4.69) is 28.9 Å². The number of alkyl halides is 3. The van der Waals surface area contributed by atoms with Crippen molar-refractivity contribution in [2.75, 3.05) is 33.5 Å². The summed E-state index contributed by atoms with van der Waals surface area (Å²) >= 11 is 0. The first-order valence-corrected chi connectivity index (χ1v) is 13.8. The molecule has 0 aromatic carbocycles. The Morgan fingerprint density at radius 2 is 2.13 bits per heavy atom. The summed E-state index contributed by atoms with van der Waals surface area (Å²) in [5, 5.41) is 3.72. The van der Waals surface area contributed by atoms with Crippen molar-refractivity contribution in [2.45, 2.75) is 90.2 Å². The van der Waals surface area contributed by atoms with Gasteiger partial charge in [0.15, 0.2) is 0 Å². The minimum absolute atomic E-state index is 0.00238. The first kappa shape index (κ1) is 31.3.